The predicted molar refractivity (Wildman–Crippen MR) is 111 cm³/mol. The number of aromatic hydroxyl groups is 1. The monoisotopic (exact) mass is 366 g/mol. The lowest BCUT2D eigenvalue weighted by Gasteiger charge is -2.28. The Kier molecular flexibility index (Phi) is 6.15. The molecule has 0 heterocycles. The summed E-state index contributed by atoms with van der Waals surface area (Å²) in [6.45, 7) is 12.5. The van der Waals surface area contributed by atoms with Crippen LogP contribution in [0.1, 0.15) is 63.8 Å². The molecule has 1 N–H and O–H groups in total. The van der Waals surface area contributed by atoms with Crippen LogP contribution >= 0.6 is 0 Å². The van der Waals surface area contributed by atoms with Gasteiger partial charge in [-0.3, -0.25) is 0 Å². The van der Waals surface area contributed by atoms with Gasteiger partial charge in [0.15, 0.2) is 0 Å². The first-order valence-electron chi connectivity index (χ1n) is 9.25. The molecule has 0 saturated heterocycles. The fourth-order valence-electron chi connectivity index (χ4n) is 2.85. The van der Waals surface area contributed by atoms with Crippen molar-refractivity contribution in [2.24, 2.45) is 0 Å². The average Bonchev–Trinajstić information content (AvgIpc) is 2.58. The summed E-state index contributed by atoms with van der Waals surface area (Å²) >= 11 is 0. The van der Waals surface area contributed by atoms with Crippen LogP contribution in [0.4, 0.5) is 0 Å². The van der Waals surface area contributed by atoms with E-state index in [1.165, 1.54) is 6.08 Å². The van der Waals surface area contributed by atoms with Crippen LogP contribution in [-0.4, -0.2) is 11.1 Å². The van der Waals surface area contributed by atoms with E-state index in [0.717, 1.165) is 22.3 Å². The van der Waals surface area contributed by atoms with Gasteiger partial charge in [-0.05, 0) is 51.3 Å². The van der Waals surface area contributed by atoms with E-state index in [0.29, 0.717) is 5.75 Å². The van der Waals surface area contributed by atoms with Crippen LogP contribution in [0.3, 0.4) is 0 Å². The van der Waals surface area contributed by atoms with Gasteiger partial charge in [0.2, 0.25) is 0 Å². The minimum Gasteiger partial charge on any atom is -0.507 e. The van der Waals surface area contributed by atoms with Crippen molar-refractivity contribution in [3.05, 3.63) is 70.8 Å². The Morgan fingerprint density at radius 2 is 1.48 bits per heavy atom. The number of phenols is 1. The first-order chi connectivity index (χ1) is 12.5. The molecule has 0 unspecified atom stereocenters. The standard InChI is InChI=1S/C24H30O3/c1-23(2,3)19-14-18(15-20(22(19)26)24(4,5)6)16-27-21(25)13-12-17-10-8-7-9-11-17/h7-15,26H,16H2,1-6H3. The lowest BCUT2D eigenvalue weighted by atomic mass is 9.78. The van der Waals surface area contributed by atoms with Crippen LogP contribution < -0.4 is 0 Å². The minimum absolute atomic E-state index is 0.171. The molecule has 0 radical (unpaired) electrons. The van der Waals surface area contributed by atoms with Gasteiger partial charge >= 0.3 is 5.97 Å². The molecule has 3 heteroatoms. The molecule has 0 bridgehead atoms. The molecular formula is C24H30O3. The maximum Gasteiger partial charge on any atom is 0.331 e. The molecule has 2 aromatic carbocycles. The van der Waals surface area contributed by atoms with Crippen LogP contribution in [0.25, 0.3) is 6.08 Å². The zero-order valence-corrected chi connectivity index (χ0v) is 17.2. The van der Waals surface area contributed by atoms with Crippen LogP contribution in [0, 0.1) is 0 Å². The number of carbonyl (C=O) groups excluding carboxylic acids is 1. The summed E-state index contributed by atoms with van der Waals surface area (Å²) in [5.74, 6) is -0.0596. The third-order valence-corrected chi connectivity index (χ3v) is 4.38. The maximum atomic E-state index is 12.1. The maximum absolute atomic E-state index is 12.1. The Bertz CT molecular complexity index is 784. The molecule has 2 aromatic rings. The SMILES string of the molecule is CC(C)(C)c1cc(COC(=O)C=Cc2ccccc2)cc(C(C)(C)C)c1O. The van der Waals surface area contributed by atoms with Crippen LogP contribution in [-0.2, 0) is 27.0 Å². The van der Waals surface area contributed by atoms with Gasteiger partial charge in [-0.25, -0.2) is 4.79 Å². The summed E-state index contributed by atoms with van der Waals surface area (Å²) in [7, 11) is 0. The molecule has 0 aliphatic carbocycles. The number of ether oxygens (including phenoxy) is 1. The molecule has 0 fully saturated rings. The van der Waals surface area contributed by atoms with E-state index in [1.54, 1.807) is 6.08 Å². The highest BCUT2D eigenvalue weighted by Gasteiger charge is 2.26. The Morgan fingerprint density at radius 1 is 0.963 bits per heavy atom. The predicted octanol–water partition coefficient (Wildman–Crippen LogP) is 5.74. The van der Waals surface area contributed by atoms with Gasteiger partial charge in [0.05, 0.1) is 0 Å². The van der Waals surface area contributed by atoms with E-state index in [-0.39, 0.29) is 23.4 Å². The first-order valence-corrected chi connectivity index (χ1v) is 9.25. The molecule has 0 aliphatic heterocycles. The van der Waals surface area contributed by atoms with Crippen molar-refractivity contribution >= 4 is 12.0 Å². The Morgan fingerprint density at radius 3 is 1.96 bits per heavy atom. The second kappa shape index (κ2) is 7.99. The second-order valence-electron chi connectivity index (χ2n) is 8.89. The number of hydrogen-bond acceptors (Lipinski definition) is 3. The molecular weight excluding hydrogens is 336 g/mol. The van der Waals surface area contributed by atoms with E-state index in [2.05, 4.69) is 41.5 Å². The van der Waals surface area contributed by atoms with Gasteiger partial charge in [0, 0.05) is 6.08 Å². The largest absolute Gasteiger partial charge is 0.507 e. The smallest absolute Gasteiger partial charge is 0.331 e. The molecule has 144 valence electrons. The molecule has 0 atom stereocenters. The number of hydrogen-bond donors (Lipinski definition) is 1. The molecule has 0 spiro atoms. The third kappa shape index (κ3) is 5.72. The quantitative estimate of drug-likeness (QED) is 0.554. The van der Waals surface area contributed by atoms with Crippen LogP contribution in [0.15, 0.2) is 48.5 Å². The number of phenolic OH excluding ortho intramolecular Hbond substituents is 1. The third-order valence-electron chi connectivity index (χ3n) is 4.38. The number of carbonyl (C=O) groups is 1. The second-order valence-corrected chi connectivity index (χ2v) is 8.89. The van der Waals surface area contributed by atoms with E-state index in [9.17, 15) is 9.90 Å². The fraction of sp³-hybridized carbons (Fsp3) is 0.375. The molecule has 0 amide bonds. The Hall–Kier alpha value is -2.55. The first kappa shape index (κ1) is 20.8. The van der Waals surface area contributed by atoms with Crippen molar-refractivity contribution < 1.29 is 14.6 Å². The van der Waals surface area contributed by atoms with Gasteiger partial charge in [0.25, 0.3) is 0 Å². The van der Waals surface area contributed by atoms with E-state index < -0.39 is 0 Å². The van der Waals surface area contributed by atoms with Crippen molar-refractivity contribution in [1.29, 1.82) is 0 Å². The van der Waals surface area contributed by atoms with Crippen molar-refractivity contribution in [3.8, 4) is 5.75 Å². The summed E-state index contributed by atoms with van der Waals surface area (Å²) in [5, 5.41) is 10.8. The number of benzene rings is 2. The Labute approximate surface area is 162 Å². The molecule has 0 saturated carbocycles. The number of rotatable bonds is 4. The van der Waals surface area contributed by atoms with E-state index in [4.69, 9.17) is 4.74 Å². The molecule has 0 aromatic heterocycles. The minimum atomic E-state index is -0.387. The van der Waals surface area contributed by atoms with Crippen molar-refractivity contribution in [3.63, 3.8) is 0 Å². The van der Waals surface area contributed by atoms with E-state index in [1.807, 2.05) is 42.5 Å². The van der Waals surface area contributed by atoms with Crippen LogP contribution in [0.2, 0.25) is 0 Å². The van der Waals surface area contributed by atoms with Gasteiger partial charge < -0.3 is 9.84 Å². The summed E-state index contributed by atoms with van der Waals surface area (Å²) < 4.78 is 5.42. The topological polar surface area (TPSA) is 46.5 Å². The summed E-state index contributed by atoms with van der Waals surface area (Å²) in [6, 6.07) is 13.5. The van der Waals surface area contributed by atoms with Crippen molar-refractivity contribution in [2.75, 3.05) is 0 Å². The number of esters is 1. The highest BCUT2D eigenvalue weighted by atomic mass is 16.5. The summed E-state index contributed by atoms with van der Waals surface area (Å²) in [5.41, 5.74) is 3.13. The molecule has 3 nitrogen and oxygen atoms in total. The zero-order chi connectivity index (χ0) is 20.2. The normalized spacial score (nSPS) is 12.4. The highest BCUT2D eigenvalue weighted by Crippen LogP contribution is 2.39. The van der Waals surface area contributed by atoms with Gasteiger partial charge in [-0.1, -0.05) is 71.9 Å². The van der Waals surface area contributed by atoms with Crippen molar-refractivity contribution in [2.45, 2.75) is 59.0 Å². The molecule has 2 rings (SSSR count). The van der Waals surface area contributed by atoms with Crippen molar-refractivity contribution in [1.82, 2.24) is 0 Å². The average molecular weight is 367 g/mol. The summed E-state index contributed by atoms with van der Waals surface area (Å²) in [6.07, 6.45) is 3.17. The lowest BCUT2D eigenvalue weighted by Crippen LogP contribution is -2.18. The van der Waals surface area contributed by atoms with Gasteiger partial charge in [-0.2, -0.15) is 0 Å². The Balaban J connectivity index is 2.20. The molecule has 27 heavy (non-hydrogen) atoms. The summed E-state index contributed by atoms with van der Waals surface area (Å²) in [4.78, 5) is 12.1. The van der Waals surface area contributed by atoms with E-state index >= 15 is 0 Å². The highest BCUT2D eigenvalue weighted by molar-refractivity contribution is 5.87. The van der Waals surface area contributed by atoms with Gasteiger partial charge in [0.1, 0.15) is 12.4 Å². The zero-order valence-electron chi connectivity index (χ0n) is 17.2. The fourth-order valence-corrected chi connectivity index (χ4v) is 2.85. The van der Waals surface area contributed by atoms with Gasteiger partial charge in [-0.15, -0.1) is 0 Å². The lowest BCUT2D eigenvalue weighted by molar-refractivity contribution is -0.138. The van der Waals surface area contributed by atoms with Crippen LogP contribution in [0.5, 0.6) is 5.75 Å². The molecule has 0 aliphatic rings.